The molecule has 124 valence electrons. The topological polar surface area (TPSA) is 50.8 Å². The van der Waals surface area contributed by atoms with E-state index in [2.05, 4.69) is 15.2 Å². The molecule has 0 aliphatic heterocycles. The Morgan fingerprint density at radius 3 is 2.64 bits per heavy atom. The van der Waals surface area contributed by atoms with E-state index >= 15 is 0 Å². The van der Waals surface area contributed by atoms with E-state index in [1.54, 1.807) is 18.3 Å². The van der Waals surface area contributed by atoms with Crippen LogP contribution in [0.15, 0.2) is 54.7 Å². The molecule has 0 saturated carbocycles. The van der Waals surface area contributed by atoms with Crippen molar-refractivity contribution in [3.63, 3.8) is 0 Å². The maximum Gasteiger partial charge on any atom is 0.222 e. The second kappa shape index (κ2) is 6.14. The van der Waals surface area contributed by atoms with Gasteiger partial charge in [0, 0.05) is 33.7 Å². The Bertz CT molecular complexity index is 1080. The first-order valence-electron chi connectivity index (χ1n) is 7.34. The molecule has 0 atom stereocenters. The summed E-state index contributed by atoms with van der Waals surface area (Å²) in [6.45, 7) is 0. The van der Waals surface area contributed by atoms with Crippen molar-refractivity contribution in [2.45, 2.75) is 0 Å². The van der Waals surface area contributed by atoms with Gasteiger partial charge >= 0.3 is 0 Å². The van der Waals surface area contributed by atoms with Crippen LogP contribution in [-0.4, -0.2) is 15.2 Å². The summed E-state index contributed by atoms with van der Waals surface area (Å²) in [6, 6.07) is 12.0. The lowest BCUT2D eigenvalue weighted by Crippen LogP contribution is -1.94. The maximum absolute atomic E-state index is 13.8. The van der Waals surface area contributed by atoms with E-state index in [0.717, 1.165) is 28.6 Å². The SMILES string of the molecule is Fc1ccc(Oc2cc(-c3ccccc3Cl)c3cn[nH]c3n2)c(F)c1. The lowest BCUT2D eigenvalue weighted by Gasteiger charge is -2.10. The molecule has 1 N–H and O–H groups in total. The average molecular weight is 358 g/mol. The Hall–Kier alpha value is -2.99. The lowest BCUT2D eigenvalue weighted by molar-refractivity contribution is 0.425. The molecule has 25 heavy (non-hydrogen) atoms. The van der Waals surface area contributed by atoms with Crippen molar-refractivity contribution in [1.82, 2.24) is 15.2 Å². The molecule has 0 saturated heterocycles. The van der Waals surface area contributed by atoms with Crippen LogP contribution in [0.4, 0.5) is 8.78 Å². The van der Waals surface area contributed by atoms with Crippen molar-refractivity contribution < 1.29 is 13.5 Å². The van der Waals surface area contributed by atoms with Crippen molar-refractivity contribution in [2.24, 2.45) is 0 Å². The zero-order valence-electron chi connectivity index (χ0n) is 12.6. The minimum absolute atomic E-state index is 0.127. The van der Waals surface area contributed by atoms with Gasteiger partial charge in [0.05, 0.1) is 6.20 Å². The minimum Gasteiger partial charge on any atom is -0.436 e. The molecule has 0 aliphatic carbocycles. The van der Waals surface area contributed by atoms with Crippen LogP contribution in [0.5, 0.6) is 11.6 Å². The second-order valence-electron chi connectivity index (χ2n) is 5.30. The minimum atomic E-state index is -0.814. The zero-order valence-corrected chi connectivity index (χ0v) is 13.4. The van der Waals surface area contributed by atoms with Gasteiger partial charge in [-0.1, -0.05) is 29.8 Å². The Kier molecular flexibility index (Phi) is 3.82. The molecule has 0 bridgehead atoms. The van der Waals surface area contributed by atoms with Gasteiger partial charge in [-0.3, -0.25) is 5.10 Å². The number of hydrogen-bond donors (Lipinski definition) is 1. The lowest BCUT2D eigenvalue weighted by atomic mass is 10.0. The van der Waals surface area contributed by atoms with Gasteiger partial charge in [-0.2, -0.15) is 10.1 Å². The fourth-order valence-electron chi connectivity index (χ4n) is 2.53. The molecule has 2 aromatic heterocycles. The van der Waals surface area contributed by atoms with Crippen molar-refractivity contribution in [1.29, 1.82) is 0 Å². The fourth-order valence-corrected chi connectivity index (χ4v) is 2.77. The number of ether oxygens (including phenoxy) is 1. The number of nitrogens with one attached hydrogen (secondary N) is 1. The number of aromatic amines is 1. The van der Waals surface area contributed by atoms with E-state index in [0.29, 0.717) is 10.7 Å². The van der Waals surface area contributed by atoms with Crippen LogP contribution in [0, 0.1) is 11.6 Å². The number of benzene rings is 2. The van der Waals surface area contributed by atoms with Crippen LogP contribution in [0.2, 0.25) is 5.02 Å². The van der Waals surface area contributed by atoms with E-state index < -0.39 is 11.6 Å². The van der Waals surface area contributed by atoms with Gasteiger partial charge in [0.2, 0.25) is 5.88 Å². The summed E-state index contributed by atoms with van der Waals surface area (Å²) < 4.78 is 32.4. The van der Waals surface area contributed by atoms with E-state index in [-0.39, 0.29) is 11.6 Å². The largest absolute Gasteiger partial charge is 0.436 e. The maximum atomic E-state index is 13.8. The summed E-state index contributed by atoms with van der Waals surface area (Å²) in [5, 5.41) is 8.05. The van der Waals surface area contributed by atoms with Crippen LogP contribution in [0.3, 0.4) is 0 Å². The van der Waals surface area contributed by atoms with Crippen molar-refractivity contribution >= 4 is 22.6 Å². The highest BCUT2D eigenvalue weighted by Crippen LogP contribution is 2.35. The third-order valence-electron chi connectivity index (χ3n) is 3.67. The Balaban J connectivity index is 1.85. The van der Waals surface area contributed by atoms with Crippen LogP contribution >= 0.6 is 11.6 Å². The number of halogens is 3. The Morgan fingerprint density at radius 2 is 1.84 bits per heavy atom. The van der Waals surface area contributed by atoms with Crippen LogP contribution in [0.25, 0.3) is 22.2 Å². The molecule has 4 rings (SSSR count). The highest BCUT2D eigenvalue weighted by atomic mass is 35.5. The number of fused-ring (bicyclic) bond motifs is 1. The first-order valence-corrected chi connectivity index (χ1v) is 7.71. The standard InChI is InChI=1S/C18H10ClF2N3O/c19-14-4-2-1-3-11(14)12-8-17(23-18-13(12)9-22-24-18)25-16-6-5-10(20)7-15(16)21/h1-9H,(H,22,23,24). The van der Waals surface area contributed by atoms with E-state index in [1.165, 1.54) is 6.07 Å². The molecule has 2 heterocycles. The Morgan fingerprint density at radius 1 is 1.00 bits per heavy atom. The number of H-pyrrole nitrogens is 1. The highest BCUT2D eigenvalue weighted by molar-refractivity contribution is 6.33. The first kappa shape index (κ1) is 15.5. The fraction of sp³-hybridized carbons (Fsp3) is 0. The molecule has 7 heteroatoms. The molecule has 0 fully saturated rings. The van der Waals surface area contributed by atoms with Crippen LogP contribution < -0.4 is 4.74 Å². The van der Waals surface area contributed by atoms with Gasteiger partial charge in [0.25, 0.3) is 0 Å². The highest BCUT2D eigenvalue weighted by Gasteiger charge is 2.14. The quantitative estimate of drug-likeness (QED) is 0.537. The molecule has 0 unspecified atom stereocenters. The number of aromatic nitrogens is 3. The Labute approximate surface area is 146 Å². The molecule has 4 aromatic rings. The van der Waals surface area contributed by atoms with Gasteiger partial charge in [-0.25, -0.2) is 8.78 Å². The number of hydrogen-bond acceptors (Lipinski definition) is 3. The third kappa shape index (κ3) is 2.92. The predicted molar refractivity (Wildman–Crippen MR) is 90.8 cm³/mol. The van der Waals surface area contributed by atoms with Gasteiger partial charge < -0.3 is 4.74 Å². The summed E-state index contributed by atoms with van der Waals surface area (Å²) >= 11 is 6.29. The van der Waals surface area contributed by atoms with E-state index in [4.69, 9.17) is 16.3 Å². The molecule has 0 aliphatic rings. The number of pyridine rings is 1. The smallest absolute Gasteiger partial charge is 0.222 e. The number of rotatable bonds is 3. The molecule has 0 amide bonds. The molecule has 4 nitrogen and oxygen atoms in total. The van der Waals surface area contributed by atoms with Crippen LogP contribution in [0.1, 0.15) is 0 Å². The van der Waals surface area contributed by atoms with Gasteiger partial charge in [0.1, 0.15) is 5.82 Å². The summed E-state index contributed by atoms with van der Waals surface area (Å²) in [5.41, 5.74) is 1.97. The van der Waals surface area contributed by atoms with Crippen molar-refractivity contribution in [2.75, 3.05) is 0 Å². The summed E-state index contributed by atoms with van der Waals surface area (Å²) in [6.07, 6.45) is 1.63. The molecule has 2 aromatic carbocycles. The summed E-state index contributed by atoms with van der Waals surface area (Å²) in [4.78, 5) is 4.27. The average Bonchev–Trinajstić information content (AvgIpc) is 3.06. The van der Waals surface area contributed by atoms with Gasteiger partial charge in [-0.05, 0) is 18.2 Å². The van der Waals surface area contributed by atoms with Crippen molar-refractivity contribution in [3.8, 4) is 22.8 Å². The molecular weight excluding hydrogens is 348 g/mol. The second-order valence-corrected chi connectivity index (χ2v) is 5.70. The van der Waals surface area contributed by atoms with Gasteiger partial charge in [0.15, 0.2) is 17.2 Å². The summed E-state index contributed by atoms with van der Waals surface area (Å²) in [7, 11) is 0. The predicted octanol–water partition coefficient (Wildman–Crippen LogP) is 5.35. The zero-order chi connectivity index (χ0) is 17.4. The third-order valence-corrected chi connectivity index (χ3v) is 4.00. The monoisotopic (exact) mass is 357 g/mol. The normalized spacial score (nSPS) is 11.0. The molecule has 0 spiro atoms. The molecular formula is C18H10ClF2N3O. The van der Waals surface area contributed by atoms with E-state index in [9.17, 15) is 8.78 Å². The van der Waals surface area contributed by atoms with E-state index in [1.807, 2.05) is 18.2 Å². The number of nitrogens with zero attached hydrogens (tertiary/aromatic N) is 2. The summed E-state index contributed by atoms with van der Waals surface area (Å²) in [5.74, 6) is -1.49. The van der Waals surface area contributed by atoms with Crippen molar-refractivity contribution in [3.05, 3.63) is 71.4 Å². The first-order chi connectivity index (χ1) is 12.1. The van der Waals surface area contributed by atoms with Gasteiger partial charge in [-0.15, -0.1) is 0 Å². The van der Waals surface area contributed by atoms with Crippen LogP contribution in [-0.2, 0) is 0 Å². The molecule has 0 radical (unpaired) electrons.